The molecule has 0 fully saturated rings. The summed E-state index contributed by atoms with van der Waals surface area (Å²) in [6.45, 7) is 0.218. The van der Waals surface area contributed by atoms with Gasteiger partial charge in [0.05, 0.1) is 4.88 Å². The highest BCUT2D eigenvalue weighted by molar-refractivity contribution is 7.14. The number of amides is 1. The van der Waals surface area contributed by atoms with Crippen LogP contribution in [0.3, 0.4) is 0 Å². The van der Waals surface area contributed by atoms with Gasteiger partial charge in [0, 0.05) is 17.1 Å². The number of aliphatic carboxylic acids is 1. The minimum Gasteiger partial charge on any atom is -0.481 e. The topological polar surface area (TPSA) is 57.6 Å². The van der Waals surface area contributed by atoms with Gasteiger partial charge < -0.3 is 10.0 Å². The fourth-order valence-corrected chi connectivity index (χ4v) is 4.74. The number of fused-ring (bicyclic) bond motifs is 2. The maximum absolute atomic E-state index is 12.9. The summed E-state index contributed by atoms with van der Waals surface area (Å²) in [6, 6.07) is 9.33. The van der Waals surface area contributed by atoms with Crippen molar-refractivity contribution in [3.05, 3.63) is 51.2 Å². The minimum atomic E-state index is -0.877. The number of anilines is 1. The molecule has 1 aromatic carbocycles. The molecular weight excluding hydrogens is 310 g/mol. The standard InChI is InChI=1S/C18H17NO3S/c20-17(16-9-11-5-1-4-8-15(11)23-16)19-10-13(18(21)22)12-6-2-3-7-14(12)19/h2-3,6-7,9,13H,1,4-5,8,10H2,(H,21,22). The summed E-state index contributed by atoms with van der Waals surface area (Å²) >= 11 is 1.58. The highest BCUT2D eigenvalue weighted by atomic mass is 32.1. The molecule has 2 aliphatic rings. The van der Waals surface area contributed by atoms with Crippen molar-refractivity contribution in [3.8, 4) is 0 Å². The quantitative estimate of drug-likeness (QED) is 0.919. The second kappa shape index (κ2) is 5.49. The number of nitrogens with zero attached hydrogens (tertiary/aromatic N) is 1. The molecule has 0 saturated carbocycles. The molecule has 0 bridgehead atoms. The van der Waals surface area contributed by atoms with Gasteiger partial charge in [-0.1, -0.05) is 18.2 Å². The normalized spacial score (nSPS) is 19.3. The number of carboxylic acid groups (broad SMARTS) is 1. The minimum absolute atomic E-state index is 0.0689. The molecular formula is C18H17NO3S. The van der Waals surface area contributed by atoms with E-state index in [4.69, 9.17) is 0 Å². The molecule has 118 valence electrons. The molecule has 23 heavy (non-hydrogen) atoms. The number of aryl methyl sites for hydroxylation is 2. The highest BCUT2D eigenvalue weighted by Gasteiger charge is 2.37. The second-order valence-electron chi connectivity index (χ2n) is 6.13. The van der Waals surface area contributed by atoms with Crippen molar-refractivity contribution in [3.63, 3.8) is 0 Å². The summed E-state index contributed by atoms with van der Waals surface area (Å²) in [5.41, 5.74) is 2.76. The van der Waals surface area contributed by atoms with Crippen LogP contribution in [0.25, 0.3) is 0 Å². The zero-order valence-electron chi connectivity index (χ0n) is 12.6. The number of para-hydroxylation sites is 1. The average Bonchev–Trinajstić information content (AvgIpc) is 3.16. The van der Waals surface area contributed by atoms with Gasteiger partial charge in [-0.25, -0.2) is 0 Å². The molecule has 2 heterocycles. The molecule has 1 aliphatic heterocycles. The third kappa shape index (κ3) is 2.36. The van der Waals surface area contributed by atoms with Crippen LogP contribution >= 0.6 is 11.3 Å². The molecule has 1 amide bonds. The van der Waals surface area contributed by atoms with Gasteiger partial charge in [0.1, 0.15) is 5.92 Å². The van der Waals surface area contributed by atoms with E-state index in [-0.39, 0.29) is 12.5 Å². The van der Waals surface area contributed by atoms with Crippen LogP contribution in [0.5, 0.6) is 0 Å². The van der Waals surface area contributed by atoms with Gasteiger partial charge in [-0.3, -0.25) is 9.59 Å². The first kappa shape index (κ1) is 14.5. The largest absolute Gasteiger partial charge is 0.481 e. The Morgan fingerprint density at radius 3 is 2.74 bits per heavy atom. The van der Waals surface area contributed by atoms with Crippen molar-refractivity contribution in [2.75, 3.05) is 11.4 Å². The maximum Gasteiger partial charge on any atom is 0.312 e. The number of hydrogen-bond donors (Lipinski definition) is 1. The first-order chi connectivity index (χ1) is 11.1. The van der Waals surface area contributed by atoms with Crippen LogP contribution in [0.4, 0.5) is 5.69 Å². The van der Waals surface area contributed by atoms with E-state index in [2.05, 4.69) is 0 Å². The van der Waals surface area contributed by atoms with E-state index < -0.39 is 11.9 Å². The number of benzene rings is 1. The predicted octanol–water partition coefficient (Wildman–Crippen LogP) is 3.46. The van der Waals surface area contributed by atoms with E-state index in [9.17, 15) is 14.7 Å². The molecule has 0 spiro atoms. The number of thiophene rings is 1. The lowest BCUT2D eigenvalue weighted by Gasteiger charge is -2.16. The summed E-state index contributed by atoms with van der Waals surface area (Å²) in [5, 5.41) is 9.43. The number of hydrogen-bond acceptors (Lipinski definition) is 3. The van der Waals surface area contributed by atoms with Crippen molar-refractivity contribution < 1.29 is 14.7 Å². The molecule has 0 radical (unpaired) electrons. The van der Waals surface area contributed by atoms with Crippen molar-refractivity contribution in [2.45, 2.75) is 31.6 Å². The first-order valence-electron chi connectivity index (χ1n) is 7.90. The summed E-state index contributed by atoms with van der Waals surface area (Å²) < 4.78 is 0. The fraction of sp³-hybridized carbons (Fsp3) is 0.333. The van der Waals surface area contributed by atoms with E-state index in [1.165, 1.54) is 23.3 Å². The van der Waals surface area contributed by atoms with Crippen LogP contribution in [0, 0.1) is 0 Å². The molecule has 1 aliphatic carbocycles. The molecule has 1 atom stereocenters. The fourth-order valence-electron chi connectivity index (χ4n) is 3.54. The zero-order valence-corrected chi connectivity index (χ0v) is 13.4. The Kier molecular flexibility index (Phi) is 3.45. The van der Waals surface area contributed by atoms with E-state index in [0.29, 0.717) is 0 Å². The monoisotopic (exact) mass is 327 g/mol. The smallest absolute Gasteiger partial charge is 0.312 e. The van der Waals surface area contributed by atoms with E-state index in [1.54, 1.807) is 22.3 Å². The lowest BCUT2D eigenvalue weighted by molar-refractivity contribution is -0.138. The molecule has 1 unspecified atom stereocenters. The first-order valence-corrected chi connectivity index (χ1v) is 8.72. The van der Waals surface area contributed by atoms with Crippen LogP contribution in [-0.2, 0) is 17.6 Å². The van der Waals surface area contributed by atoms with Crippen molar-refractivity contribution in [1.82, 2.24) is 0 Å². The van der Waals surface area contributed by atoms with Crippen LogP contribution in [0.15, 0.2) is 30.3 Å². The second-order valence-corrected chi connectivity index (χ2v) is 7.27. The van der Waals surface area contributed by atoms with Gasteiger partial charge in [-0.2, -0.15) is 0 Å². The van der Waals surface area contributed by atoms with Crippen molar-refractivity contribution in [1.29, 1.82) is 0 Å². The zero-order chi connectivity index (χ0) is 16.0. The lowest BCUT2D eigenvalue weighted by Crippen LogP contribution is -2.30. The van der Waals surface area contributed by atoms with Gasteiger partial charge in [0.2, 0.25) is 0 Å². The molecule has 5 heteroatoms. The average molecular weight is 327 g/mol. The van der Waals surface area contributed by atoms with Crippen LogP contribution in [-0.4, -0.2) is 23.5 Å². The van der Waals surface area contributed by atoms with Crippen molar-refractivity contribution >= 4 is 28.9 Å². The van der Waals surface area contributed by atoms with Gasteiger partial charge in [0.25, 0.3) is 5.91 Å². The Morgan fingerprint density at radius 2 is 1.96 bits per heavy atom. The Bertz CT molecular complexity index is 772. The predicted molar refractivity (Wildman–Crippen MR) is 89.5 cm³/mol. The Labute approximate surface area is 138 Å². The van der Waals surface area contributed by atoms with Gasteiger partial charge in [-0.15, -0.1) is 11.3 Å². The van der Waals surface area contributed by atoms with Crippen LogP contribution < -0.4 is 4.90 Å². The van der Waals surface area contributed by atoms with Gasteiger partial charge in [-0.05, 0) is 48.9 Å². The van der Waals surface area contributed by atoms with E-state index in [0.717, 1.165) is 29.0 Å². The van der Waals surface area contributed by atoms with Gasteiger partial charge in [0.15, 0.2) is 0 Å². The summed E-state index contributed by atoms with van der Waals surface area (Å²) in [5.74, 6) is -1.58. The molecule has 2 aromatic rings. The summed E-state index contributed by atoms with van der Waals surface area (Å²) in [6.07, 6.45) is 4.48. The third-order valence-corrected chi connectivity index (χ3v) is 5.94. The van der Waals surface area contributed by atoms with Crippen LogP contribution in [0.2, 0.25) is 0 Å². The number of rotatable bonds is 2. The number of carbonyl (C=O) groups is 2. The Morgan fingerprint density at radius 1 is 1.17 bits per heavy atom. The SMILES string of the molecule is O=C(O)C1CN(C(=O)c2cc3c(s2)CCCC3)c2ccccc21. The number of carboxylic acids is 1. The Hall–Kier alpha value is -2.14. The molecule has 0 saturated heterocycles. The summed E-state index contributed by atoms with van der Waals surface area (Å²) in [7, 11) is 0. The lowest BCUT2D eigenvalue weighted by atomic mass is 9.99. The van der Waals surface area contributed by atoms with E-state index >= 15 is 0 Å². The summed E-state index contributed by atoms with van der Waals surface area (Å²) in [4.78, 5) is 28.1. The van der Waals surface area contributed by atoms with E-state index in [1.807, 2.05) is 24.3 Å². The third-order valence-electron chi connectivity index (χ3n) is 4.72. The molecule has 1 N–H and O–H groups in total. The van der Waals surface area contributed by atoms with Crippen LogP contribution in [0.1, 0.15) is 44.4 Å². The van der Waals surface area contributed by atoms with Gasteiger partial charge >= 0.3 is 5.97 Å². The molecule has 4 nitrogen and oxygen atoms in total. The van der Waals surface area contributed by atoms with Crippen molar-refractivity contribution in [2.24, 2.45) is 0 Å². The highest BCUT2D eigenvalue weighted by Crippen LogP contribution is 2.38. The Balaban J connectivity index is 1.69. The molecule has 1 aromatic heterocycles. The maximum atomic E-state index is 12.9. The molecule has 4 rings (SSSR count). The number of carbonyl (C=O) groups excluding carboxylic acids is 1.